The van der Waals surface area contributed by atoms with Crippen LogP contribution in [0.15, 0.2) is 12.1 Å². The van der Waals surface area contributed by atoms with Crippen LogP contribution in [0.25, 0.3) is 0 Å². The van der Waals surface area contributed by atoms with Gasteiger partial charge in [0.25, 0.3) is 0 Å². The van der Waals surface area contributed by atoms with Crippen LogP contribution in [0.5, 0.6) is 5.75 Å². The number of aryl methyl sites for hydroxylation is 1. The van der Waals surface area contributed by atoms with Crippen molar-refractivity contribution in [1.29, 1.82) is 0 Å². The van der Waals surface area contributed by atoms with Crippen LogP contribution < -0.4 is 4.74 Å². The number of aliphatic hydroxyl groups is 1. The van der Waals surface area contributed by atoms with E-state index in [4.69, 9.17) is 4.74 Å². The summed E-state index contributed by atoms with van der Waals surface area (Å²) in [5, 5.41) is 10.9. The zero-order valence-electron chi connectivity index (χ0n) is 12.3. The first-order chi connectivity index (χ1) is 8.50. The van der Waals surface area contributed by atoms with Crippen LogP contribution in [-0.4, -0.2) is 12.2 Å². The molecule has 0 aromatic heterocycles. The predicted octanol–water partition coefficient (Wildman–Crippen LogP) is 4.10. The minimum Gasteiger partial charge on any atom is -0.496 e. The van der Waals surface area contributed by atoms with Gasteiger partial charge >= 0.3 is 0 Å². The first-order valence-electron chi connectivity index (χ1n) is 6.87. The van der Waals surface area contributed by atoms with E-state index in [1.54, 1.807) is 7.11 Å². The lowest BCUT2D eigenvalue weighted by Crippen LogP contribution is -2.26. The fourth-order valence-electron chi connectivity index (χ4n) is 2.64. The molecule has 102 valence electrons. The lowest BCUT2D eigenvalue weighted by atomic mass is 9.83. The maximum Gasteiger partial charge on any atom is 0.128 e. The summed E-state index contributed by atoms with van der Waals surface area (Å²) in [5.41, 5.74) is 2.51. The van der Waals surface area contributed by atoms with Crippen molar-refractivity contribution in [3.8, 4) is 5.75 Å². The fraction of sp³-hybridized carbons (Fsp3) is 0.625. The second kappa shape index (κ2) is 6.24. The van der Waals surface area contributed by atoms with Crippen LogP contribution in [-0.2, 0) is 5.60 Å². The third-order valence-corrected chi connectivity index (χ3v) is 3.71. The summed E-state index contributed by atoms with van der Waals surface area (Å²) in [6, 6.07) is 4.09. The van der Waals surface area contributed by atoms with Crippen molar-refractivity contribution in [2.24, 2.45) is 0 Å². The van der Waals surface area contributed by atoms with Gasteiger partial charge in [-0.1, -0.05) is 38.8 Å². The second-order valence-electron chi connectivity index (χ2n) is 5.12. The van der Waals surface area contributed by atoms with Gasteiger partial charge in [0, 0.05) is 5.56 Å². The maximum absolute atomic E-state index is 10.9. The summed E-state index contributed by atoms with van der Waals surface area (Å²) < 4.78 is 5.54. The van der Waals surface area contributed by atoms with Crippen molar-refractivity contribution in [2.45, 2.75) is 59.0 Å². The van der Waals surface area contributed by atoms with E-state index in [9.17, 15) is 5.11 Å². The molecular weight excluding hydrogens is 224 g/mol. The summed E-state index contributed by atoms with van der Waals surface area (Å²) in [4.78, 5) is 0. The Labute approximate surface area is 111 Å². The van der Waals surface area contributed by atoms with Gasteiger partial charge in [0.15, 0.2) is 0 Å². The van der Waals surface area contributed by atoms with Crippen molar-refractivity contribution in [1.82, 2.24) is 0 Å². The van der Waals surface area contributed by atoms with E-state index in [-0.39, 0.29) is 0 Å². The van der Waals surface area contributed by atoms with Crippen molar-refractivity contribution in [3.63, 3.8) is 0 Å². The highest BCUT2D eigenvalue weighted by Crippen LogP contribution is 2.39. The molecule has 0 atom stereocenters. The topological polar surface area (TPSA) is 29.5 Å². The first-order valence-corrected chi connectivity index (χ1v) is 6.87. The molecule has 0 saturated heterocycles. The van der Waals surface area contributed by atoms with Crippen LogP contribution in [0.3, 0.4) is 0 Å². The quantitative estimate of drug-likeness (QED) is 0.823. The van der Waals surface area contributed by atoms with Gasteiger partial charge in [-0.15, -0.1) is 0 Å². The summed E-state index contributed by atoms with van der Waals surface area (Å²) in [7, 11) is 1.68. The van der Waals surface area contributed by atoms with E-state index in [2.05, 4.69) is 33.8 Å². The molecule has 1 aromatic rings. The van der Waals surface area contributed by atoms with E-state index in [1.165, 1.54) is 5.56 Å². The zero-order valence-corrected chi connectivity index (χ0v) is 12.3. The molecule has 0 saturated carbocycles. The summed E-state index contributed by atoms with van der Waals surface area (Å²) in [5.74, 6) is 0.847. The van der Waals surface area contributed by atoms with E-state index in [1.807, 2.05) is 6.07 Å². The molecule has 1 N–H and O–H groups in total. The molecule has 0 radical (unpaired) electrons. The van der Waals surface area contributed by atoms with Gasteiger partial charge in [0.05, 0.1) is 12.7 Å². The lowest BCUT2D eigenvalue weighted by Gasteiger charge is -2.30. The standard InChI is InChI=1S/C16H26O2/c1-6-10-16(17,11-7-2)14-9-8-12(3)13(4)15(14)18-5/h8-9,17H,6-7,10-11H2,1-5H3. The average Bonchev–Trinajstić information content (AvgIpc) is 2.33. The predicted molar refractivity (Wildman–Crippen MR) is 76.2 cm³/mol. The first kappa shape index (κ1) is 15.0. The molecule has 0 aliphatic rings. The van der Waals surface area contributed by atoms with Gasteiger partial charge in [-0.2, -0.15) is 0 Å². The number of methoxy groups -OCH3 is 1. The van der Waals surface area contributed by atoms with Crippen LogP contribution in [0.1, 0.15) is 56.2 Å². The average molecular weight is 250 g/mol. The van der Waals surface area contributed by atoms with E-state index in [0.717, 1.165) is 42.6 Å². The Balaban J connectivity index is 3.32. The molecule has 0 fully saturated rings. The van der Waals surface area contributed by atoms with Crippen molar-refractivity contribution < 1.29 is 9.84 Å². The van der Waals surface area contributed by atoms with Crippen LogP contribution in [0.4, 0.5) is 0 Å². The van der Waals surface area contributed by atoms with Crippen LogP contribution in [0, 0.1) is 13.8 Å². The highest BCUT2D eigenvalue weighted by atomic mass is 16.5. The molecule has 0 unspecified atom stereocenters. The number of hydrogen-bond acceptors (Lipinski definition) is 2. The molecule has 2 nitrogen and oxygen atoms in total. The Hall–Kier alpha value is -1.02. The maximum atomic E-state index is 10.9. The molecule has 1 rings (SSSR count). The smallest absolute Gasteiger partial charge is 0.128 e. The minimum atomic E-state index is -0.757. The molecule has 0 heterocycles. The SMILES string of the molecule is CCCC(O)(CCC)c1ccc(C)c(C)c1OC. The molecule has 1 aromatic carbocycles. The summed E-state index contributed by atoms with van der Waals surface area (Å²) in [6.07, 6.45) is 3.48. The Bertz CT molecular complexity index is 390. The summed E-state index contributed by atoms with van der Waals surface area (Å²) in [6.45, 7) is 8.33. The molecule has 0 spiro atoms. The number of hydrogen-bond donors (Lipinski definition) is 1. The molecule has 0 aliphatic carbocycles. The highest BCUT2D eigenvalue weighted by molar-refractivity contribution is 5.48. The second-order valence-corrected chi connectivity index (χ2v) is 5.12. The van der Waals surface area contributed by atoms with Crippen LogP contribution in [0.2, 0.25) is 0 Å². The largest absolute Gasteiger partial charge is 0.496 e. The zero-order chi connectivity index (χ0) is 13.8. The van der Waals surface area contributed by atoms with Crippen molar-refractivity contribution >= 4 is 0 Å². The van der Waals surface area contributed by atoms with Gasteiger partial charge in [-0.25, -0.2) is 0 Å². The normalized spacial score (nSPS) is 11.7. The van der Waals surface area contributed by atoms with Gasteiger partial charge in [0.1, 0.15) is 5.75 Å². The number of ether oxygens (including phenoxy) is 1. The van der Waals surface area contributed by atoms with Gasteiger partial charge < -0.3 is 9.84 Å². The monoisotopic (exact) mass is 250 g/mol. The fourth-order valence-corrected chi connectivity index (χ4v) is 2.64. The third kappa shape index (κ3) is 2.86. The molecule has 2 heteroatoms. The third-order valence-electron chi connectivity index (χ3n) is 3.71. The molecule has 0 bridgehead atoms. The Morgan fingerprint density at radius 3 is 2.11 bits per heavy atom. The lowest BCUT2D eigenvalue weighted by molar-refractivity contribution is 0.0147. The number of benzene rings is 1. The Morgan fingerprint density at radius 2 is 1.67 bits per heavy atom. The number of rotatable bonds is 6. The highest BCUT2D eigenvalue weighted by Gasteiger charge is 2.31. The van der Waals surface area contributed by atoms with E-state index in [0.29, 0.717) is 0 Å². The summed E-state index contributed by atoms with van der Waals surface area (Å²) >= 11 is 0. The Kier molecular flexibility index (Phi) is 5.21. The van der Waals surface area contributed by atoms with E-state index < -0.39 is 5.60 Å². The van der Waals surface area contributed by atoms with Gasteiger partial charge in [0.2, 0.25) is 0 Å². The molecular formula is C16H26O2. The minimum absolute atomic E-state index is 0.757. The van der Waals surface area contributed by atoms with Crippen LogP contribution >= 0.6 is 0 Å². The molecule has 0 aliphatic heterocycles. The molecule has 0 amide bonds. The van der Waals surface area contributed by atoms with Gasteiger partial charge in [-0.3, -0.25) is 0 Å². The Morgan fingerprint density at radius 1 is 1.11 bits per heavy atom. The van der Waals surface area contributed by atoms with Gasteiger partial charge in [-0.05, 0) is 37.8 Å². The molecule has 18 heavy (non-hydrogen) atoms. The van der Waals surface area contributed by atoms with Crippen molar-refractivity contribution in [2.75, 3.05) is 7.11 Å². The van der Waals surface area contributed by atoms with Crippen molar-refractivity contribution in [3.05, 3.63) is 28.8 Å². The van der Waals surface area contributed by atoms with E-state index >= 15 is 0 Å².